The van der Waals surface area contributed by atoms with Gasteiger partial charge in [-0.2, -0.15) is 0 Å². The molecule has 0 bridgehead atoms. The number of rotatable bonds is 3. The van der Waals surface area contributed by atoms with Gasteiger partial charge in [-0.3, -0.25) is 4.79 Å². The number of primary amides is 1. The number of hydrogen-bond acceptors (Lipinski definition) is 2. The minimum atomic E-state index is -0.301. The summed E-state index contributed by atoms with van der Waals surface area (Å²) in [5.41, 5.74) is 5.95. The lowest BCUT2D eigenvalue weighted by molar-refractivity contribution is -0.115. The smallest absolute Gasteiger partial charge is 0.228 e. The number of carbonyl (C=O) groups is 1. The highest BCUT2D eigenvalue weighted by atomic mass is 35.5. The largest absolute Gasteiger partial charge is 0.369 e. The first-order valence-corrected chi connectivity index (χ1v) is 5.62. The summed E-state index contributed by atoms with van der Waals surface area (Å²) in [4.78, 5) is 10.6. The highest BCUT2D eigenvalue weighted by Gasteiger charge is 1.95. The van der Waals surface area contributed by atoms with Crippen molar-refractivity contribution in [1.82, 2.24) is 0 Å². The summed E-state index contributed by atoms with van der Waals surface area (Å²) >= 11 is 0. The van der Waals surface area contributed by atoms with Crippen LogP contribution in [0, 0.1) is 0 Å². The van der Waals surface area contributed by atoms with Crippen LogP contribution in [0.5, 0.6) is 0 Å². The van der Waals surface area contributed by atoms with Crippen LogP contribution in [0.15, 0.2) is 34.7 Å². The molecule has 1 rings (SSSR count). The molecule has 14 heavy (non-hydrogen) atoms. The molecule has 1 aromatic rings. The lowest BCUT2D eigenvalue weighted by atomic mass is 10.3. The molecule has 0 radical (unpaired) electrons. The molecule has 5 heteroatoms. The second kappa shape index (κ2) is 6.56. The average Bonchev–Trinajstić information content (AvgIpc) is 2.04. The number of amides is 1. The van der Waals surface area contributed by atoms with Crippen molar-refractivity contribution in [3.63, 3.8) is 0 Å². The Morgan fingerprint density at radius 1 is 1.43 bits per heavy atom. The van der Waals surface area contributed by atoms with Crippen molar-refractivity contribution in [1.29, 1.82) is 0 Å². The van der Waals surface area contributed by atoms with Crippen molar-refractivity contribution < 1.29 is 4.79 Å². The van der Waals surface area contributed by atoms with Gasteiger partial charge in [-0.1, -0.05) is 28.9 Å². The first-order chi connectivity index (χ1) is 6.18. The Hall–Kier alpha value is -0.870. The predicted octanol–water partition coefficient (Wildman–Crippen LogP) is 1.66. The van der Waals surface area contributed by atoms with Crippen LogP contribution in [0.1, 0.15) is 0 Å². The molecule has 1 aromatic carbocycles. The molecule has 0 aliphatic heterocycles. The molecule has 1 atom stereocenters. The minimum Gasteiger partial charge on any atom is -0.369 e. The average molecular weight is 233 g/mol. The van der Waals surface area contributed by atoms with Crippen molar-refractivity contribution in [2.45, 2.75) is 0 Å². The fourth-order valence-corrected chi connectivity index (χ4v) is 1.86. The van der Waals surface area contributed by atoms with Crippen LogP contribution in [0.4, 0.5) is 5.69 Å². The van der Waals surface area contributed by atoms with Crippen molar-refractivity contribution in [3.05, 3.63) is 30.3 Å². The van der Waals surface area contributed by atoms with E-state index in [-0.39, 0.29) is 29.0 Å². The number of hydrogen-bond donors (Lipinski definition) is 1. The van der Waals surface area contributed by atoms with E-state index >= 15 is 0 Å². The Balaban J connectivity index is 0.00000169. The lowest BCUT2D eigenvalue weighted by Crippen LogP contribution is -2.18. The fraction of sp³-hybridized carbons (Fsp3) is 0.222. The van der Waals surface area contributed by atoms with Crippen molar-refractivity contribution >= 4 is 34.7 Å². The Morgan fingerprint density at radius 2 is 2.00 bits per heavy atom. The third-order valence-electron chi connectivity index (χ3n) is 1.37. The van der Waals surface area contributed by atoms with Gasteiger partial charge in [0.1, 0.15) is 0 Å². The second-order valence-electron chi connectivity index (χ2n) is 2.64. The van der Waals surface area contributed by atoms with Crippen LogP contribution in [-0.2, 0) is 15.5 Å². The van der Waals surface area contributed by atoms with Gasteiger partial charge in [-0.25, -0.2) is 4.36 Å². The van der Waals surface area contributed by atoms with E-state index in [1.807, 2.05) is 36.6 Å². The Labute approximate surface area is 92.2 Å². The molecule has 0 saturated heterocycles. The molecular formula is C9H13ClN2OS. The van der Waals surface area contributed by atoms with E-state index in [0.717, 1.165) is 5.69 Å². The predicted molar refractivity (Wildman–Crippen MR) is 63.1 cm³/mol. The minimum absolute atomic E-state index is 0. The molecule has 3 nitrogen and oxygen atoms in total. The van der Waals surface area contributed by atoms with E-state index < -0.39 is 0 Å². The summed E-state index contributed by atoms with van der Waals surface area (Å²) in [6.07, 6.45) is 1.90. The highest BCUT2D eigenvalue weighted by Crippen LogP contribution is 2.10. The number of nitrogens with zero attached hydrogens (tertiary/aromatic N) is 1. The quantitative estimate of drug-likeness (QED) is 0.847. The van der Waals surface area contributed by atoms with Gasteiger partial charge in [0.15, 0.2) is 0 Å². The summed E-state index contributed by atoms with van der Waals surface area (Å²) < 4.78 is 4.33. The first kappa shape index (κ1) is 13.1. The first-order valence-electron chi connectivity index (χ1n) is 3.86. The summed E-state index contributed by atoms with van der Waals surface area (Å²) in [5.74, 6) is 0.0278. The zero-order valence-corrected chi connectivity index (χ0v) is 9.48. The van der Waals surface area contributed by atoms with Crippen LogP contribution >= 0.6 is 12.4 Å². The SMILES string of the molecule is CS(CC(N)=O)=Nc1ccccc1.Cl. The van der Waals surface area contributed by atoms with Crippen LogP contribution in [-0.4, -0.2) is 17.9 Å². The maximum absolute atomic E-state index is 10.6. The van der Waals surface area contributed by atoms with Crippen LogP contribution in [0.2, 0.25) is 0 Å². The maximum atomic E-state index is 10.6. The van der Waals surface area contributed by atoms with E-state index in [0.29, 0.717) is 5.75 Å². The topological polar surface area (TPSA) is 55.5 Å². The zero-order chi connectivity index (χ0) is 9.68. The van der Waals surface area contributed by atoms with Gasteiger partial charge in [-0.05, 0) is 18.4 Å². The lowest BCUT2D eigenvalue weighted by Gasteiger charge is -1.98. The van der Waals surface area contributed by atoms with Crippen LogP contribution in [0.3, 0.4) is 0 Å². The van der Waals surface area contributed by atoms with Crippen LogP contribution < -0.4 is 5.73 Å². The van der Waals surface area contributed by atoms with E-state index in [1.165, 1.54) is 0 Å². The van der Waals surface area contributed by atoms with Crippen molar-refractivity contribution in [2.75, 3.05) is 12.0 Å². The van der Waals surface area contributed by atoms with Gasteiger partial charge in [0, 0.05) is 0 Å². The highest BCUT2D eigenvalue weighted by molar-refractivity contribution is 7.87. The molecule has 0 heterocycles. The summed E-state index contributed by atoms with van der Waals surface area (Å²) in [5, 5.41) is 0. The van der Waals surface area contributed by atoms with Gasteiger partial charge < -0.3 is 5.73 Å². The molecular weight excluding hydrogens is 220 g/mol. The Morgan fingerprint density at radius 3 is 2.50 bits per heavy atom. The molecule has 0 aliphatic rings. The molecule has 1 amide bonds. The monoisotopic (exact) mass is 232 g/mol. The van der Waals surface area contributed by atoms with E-state index in [2.05, 4.69) is 4.36 Å². The number of halogens is 1. The number of nitrogens with two attached hydrogens (primary N) is 1. The van der Waals surface area contributed by atoms with Gasteiger partial charge in [-0.15, -0.1) is 12.4 Å². The molecule has 0 fully saturated rings. The molecule has 0 aliphatic carbocycles. The zero-order valence-electron chi connectivity index (χ0n) is 7.84. The standard InChI is InChI=1S/C9H12N2OS.ClH/c1-13(7-9(10)12)11-8-5-3-2-4-6-8;/h2-6H,7H2,1H3,(H2,10,12);1H. The summed E-state index contributed by atoms with van der Waals surface area (Å²) in [6, 6.07) is 9.58. The van der Waals surface area contributed by atoms with Gasteiger partial charge in [0.2, 0.25) is 5.91 Å². The molecule has 0 spiro atoms. The van der Waals surface area contributed by atoms with Crippen molar-refractivity contribution in [2.24, 2.45) is 10.1 Å². The summed E-state index contributed by atoms with van der Waals surface area (Å²) in [7, 11) is -0.301. The maximum Gasteiger partial charge on any atom is 0.228 e. The fourth-order valence-electron chi connectivity index (χ4n) is 0.907. The second-order valence-corrected chi connectivity index (χ2v) is 4.31. The molecule has 0 saturated carbocycles. The number of benzene rings is 1. The summed E-state index contributed by atoms with van der Waals surface area (Å²) in [6.45, 7) is 0. The van der Waals surface area contributed by atoms with E-state index in [1.54, 1.807) is 0 Å². The molecule has 78 valence electrons. The van der Waals surface area contributed by atoms with Crippen LogP contribution in [0.25, 0.3) is 0 Å². The van der Waals surface area contributed by atoms with E-state index in [4.69, 9.17) is 5.73 Å². The van der Waals surface area contributed by atoms with Crippen molar-refractivity contribution in [3.8, 4) is 0 Å². The molecule has 0 aromatic heterocycles. The van der Waals surface area contributed by atoms with Gasteiger partial charge >= 0.3 is 0 Å². The Bertz CT molecular complexity index is 327. The third-order valence-corrected chi connectivity index (χ3v) is 2.59. The molecule has 1 unspecified atom stereocenters. The van der Waals surface area contributed by atoms with E-state index in [9.17, 15) is 4.79 Å². The van der Waals surface area contributed by atoms with Gasteiger partial charge in [0.05, 0.1) is 11.4 Å². The Kier molecular flexibility index (Phi) is 6.16. The number of carbonyl (C=O) groups excluding carboxylic acids is 1. The third kappa shape index (κ3) is 4.99. The molecule has 2 N–H and O–H groups in total. The normalized spacial score (nSPS) is 11.8. The van der Waals surface area contributed by atoms with Gasteiger partial charge in [0.25, 0.3) is 0 Å².